The SMILES string of the molecule is COc1cccc(C(OC)(c2ccc(N(C)CC(F)(F)F)cc2)c2ccc(N(C)CC(F)(F)F)cc2)c1. The molecule has 0 bridgehead atoms. The lowest BCUT2D eigenvalue weighted by Crippen LogP contribution is -2.33. The molecule has 0 radical (unpaired) electrons. The Bertz CT molecular complexity index is 1100. The summed E-state index contributed by atoms with van der Waals surface area (Å²) < 4.78 is 88.7. The molecule has 0 saturated heterocycles. The smallest absolute Gasteiger partial charge is 0.405 e. The second-order valence-corrected chi connectivity index (χ2v) is 8.65. The largest absolute Gasteiger partial charge is 0.497 e. The molecule has 0 aliphatic carbocycles. The molecule has 0 heterocycles. The maximum atomic E-state index is 12.9. The summed E-state index contributed by atoms with van der Waals surface area (Å²) in [5.74, 6) is 0.557. The van der Waals surface area contributed by atoms with Gasteiger partial charge in [0.05, 0.1) is 7.11 Å². The third kappa shape index (κ3) is 6.68. The molecular formula is C27H28F6N2O2. The summed E-state index contributed by atoms with van der Waals surface area (Å²) in [7, 11) is 5.71. The van der Waals surface area contributed by atoms with E-state index in [1.807, 2.05) is 6.07 Å². The standard InChI is InChI=1S/C27H28F6N2O2/c1-34(17-25(28,29)30)22-12-8-19(9-13-22)27(37-4,21-6-5-7-24(16-21)36-3)20-10-14-23(15-11-20)35(2)18-26(31,32)33/h5-16H,17-18H2,1-4H3. The van der Waals surface area contributed by atoms with E-state index in [9.17, 15) is 26.3 Å². The van der Waals surface area contributed by atoms with Crippen molar-refractivity contribution in [3.63, 3.8) is 0 Å². The van der Waals surface area contributed by atoms with Gasteiger partial charge in [-0.1, -0.05) is 36.4 Å². The van der Waals surface area contributed by atoms with Crippen LogP contribution in [0.25, 0.3) is 0 Å². The van der Waals surface area contributed by atoms with Crippen LogP contribution in [0, 0.1) is 0 Å². The molecule has 10 heteroatoms. The van der Waals surface area contributed by atoms with Crippen molar-refractivity contribution in [3.8, 4) is 5.75 Å². The van der Waals surface area contributed by atoms with Crippen molar-refractivity contribution in [2.45, 2.75) is 18.0 Å². The van der Waals surface area contributed by atoms with Crippen molar-refractivity contribution in [2.75, 3.05) is 51.2 Å². The highest BCUT2D eigenvalue weighted by Crippen LogP contribution is 2.42. The van der Waals surface area contributed by atoms with Crippen LogP contribution in [0.15, 0.2) is 72.8 Å². The molecule has 0 amide bonds. The van der Waals surface area contributed by atoms with E-state index in [1.54, 1.807) is 66.7 Å². The van der Waals surface area contributed by atoms with Gasteiger partial charge in [-0.25, -0.2) is 0 Å². The fraction of sp³-hybridized carbons (Fsp3) is 0.333. The van der Waals surface area contributed by atoms with E-state index in [-0.39, 0.29) is 0 Å². The van der Waals surface area contributed by atoms with E-state index in [0.717, 1.165) is 9.80 Å². The monoisotopic (exact) mass is 526 g/mol. The molecular weight excluding hydrogens is 498 g/mol. The van der Waals surface area contributed by atoms with Crippen LogP contribution >= 0.6 is 0 Å². The van der Waals surface area contributed by atoms with Crippen LogP contribution in [0.5, 0.6) is 5.75 Å². The van der Waals surface area contributed by atoms with Crippen LogP contribution in [-0.4, -0.2) is 53.8 Å². The third-order valence-electron chi connectivity index (χ3n) is 6.04. The van der Waals surface area contributed by atoms with Crippen molar-refractivity contribution in [3.05, 3.63) is 89.5 Å². The average Bonchev–Trinajstić information content (AvgIpc) is 2.84. The first-order chi connectivity index (χ1) is 17.3. The summed E-state index contributed by atoms with van der Waals surface area (Å²) in [5.41, 5.74) is 1.40. The molecule has 200 valence electrons. The van der Waals surface area contributed by atoms with Gasteiger partial charge in [0, 0.05) is 32.6 Å². The summed E-state index contributed by atoms with van der Waals surface area (Å²) >= 11 is 0. The average molecular weight is 527 g/mol. The number of ether oxygens (including phenoxy) is 2. The van der Waals surface area contributed by atoms with Crippen LogP contribution in [0.1, 0.15) is 16.7 Å². The molecule has 0 fully saturated rings. The molecule has 0 unspecified atom stereocenters. The molecule has 0 aromatic heterocycles. The minimum Gasteiger partial charge on any atom is -0.497 e. The molecule has 0 atom stereocenters. The maximum Gasteiger partial charge on any atom is 0.405 e. The molecule has 3 aromatic carbocycles. The number of methoxy groups -OCH3 is 2. The number of alkyl halides is 6. The normalized spacial score (nSPS) is 12.4. The van der Waals surface area contributed by atoms with E-state index >= 15 is 0 Å². The summed E-state index contributed by atoms with van der Waals surface area (Å²) in [6, 6.07) is 20.1. The van der Waals surface area contributed by atoms with Crippen LogP contribution in [0.4, 0.5) is 37.7 Å². The Balaban J connectivity index is 2.10. The lowest BCUT2D eigenvalue weighted by molar-refractivity contribution is -0.120. The number of hydrogen-bond acceptors (Lipinski definition) is 4. The topological polar surface area (TPSA) is 24.9 Å². The predicted molar refractivity (Wildman–Crippen MR) is 131 cm³/mol. The highest BCUT2D eigenvalue weighted by molar-refractivity contribution is 5.56. The molecule has 4 nitrogen and oxygen atoms in total. The van der Waals surface area contributed by atoms with E-state index < -0.39 is 31.0 Å². The van der Waals surface area contributed by atoms with E-state index in [0.29, 0.717) is 33.8 Å². The summed E-state index contributed by atoms with van der Waals surface area (Å²) in [6.45, 7) is -2.21. The lowest BCUT2D eigenvalue weighted by Gasteiger charge is -2.35. The van der Waals surface area contributed by atoms with Crippen LogP contribution in [0.2, 0.25) is 0 Å². The van der Waals surface area contributed by atoms with Gasteiger partial charge in [-0.3, -0.25) is 0 Å². The molecule has 3 aromatic rings. The Morgan fingerprint density at radius 2 is 1.05 bits per heavy atom. The van der Waals surface area contributed by atoms with Crippen molar-refractivity contribution < 1.29 is 35.8 Å². The number of hydrogen-bond donors (Lipinski definition) is 0. The molecule has 3 rings (SSSR count). The van der Waals surface area contributed by atoms with Gasteiger partial charge in [0.1, 0.15) is 24.4 Å². The zero-order valence-corrected chi connectivity index (χ0v) is 20.8. The number of nitrogens with zero attached hydrogens (tertiary/aromatic N) is 2. The first-order valence-corrected chi connectivity index (χ1v) is 11.3. The number of benzene rings is 3. The summed E-state index contributed by atoms with van der Waals surface area (Å²) in [4.78, 5) is 2.18. The minimum atomic E-state index is -4.36. The molecule has 37 heavy (non-hydrogen) atoms. The quantitative estimate of drug-likeness (QED) is 0.231. The Kier molecular flexibility index (Phi) is 8.32. The minimum absolute atomic E-state index is 0.362. The number of anilines is 2. The van der Waals surface area contributed by atoms with E-state index in [1.165, 1.54) is 28.3 Å². The van der Waals surface area contributed by atoms with Gasteiger partial charge in [-0.05, 0) is 53.1 Å². The Labute approximate surface area is 212 Å². The van der Waals surface area contributed by atoms with Crippen molar-refractivity contribution in [1.29, 1.82) is 0 Å². The maximum absolute atomic E-state index is 12.9. The van der Waals surface area contributed by atoms with Crippen LogP contribution in [-0.2, 0) is 10.3 Å². The van der Waals surface area contributed by atoms with Gasteiger partial charge in [-0.15, -0.1) is 0 Å². The summed E-state index contributed by atoms with van der Waals surface area (Å²) in [6.07, 6.45) is -8.71. The fourth-order valence-electron chi connectivity index (χ4n) is 4.32. The Morgan fingerprint density at radius 1 is 0.622 bits per heavy atom. The zero-order chi connectivity index (χ0) is 27.4. The molecule has 0 spiro atoms. The molecule has 0 N–H and O–H groups in total. The van der Waals surface area contributed by atoms with Gasteiger partial charge in [0.25, 0.3) is 0 Å². The Morgan fingerprint density at radius 3 is 1.41 bits per heavy atom. The predicted octanol–water partition coefficient (Wildman–Crippen LogP) is 6.63. The lowest BCUT2D eigenvalue weighted by atomic mass is 9.79. The van der Waals surface area contributed by atoms with Gasteiger partial charge in [0.15, 0.2) is 0 Å². The second-order valence-electron chi connectivity index (χ2n) is 8.65. The van der Waals surface area contributed by atoms with Crippen molar-refractivity contribution in [1.82, 2.24) is 0 Å². The highest BCUT2D eigenvalue weighted by atomic mass is 19.4. The number of halogens is 6. The molecule has 0 aliphatic rings. The third-order valence-corrected chi connectivity index (χ3v) is 6.04. The second kappa shape index (κ2) is 10.9. The number of rotatable bonds is 9. The first-order valence-electron chi connectivity index (χ1n) is 11.3. The van der Waals surface area contributed by atoms with Crippen LogP contribution < -0.4 is 14.5 Å². The summed E-state index contributed by atoms with van der Waals surface area (Å²) in [5, 5.41) is 0. The van der Waals surface area contributed by atoms with Gasteiger partial charge in [0.2, 0.25) is 0 Å². The van der Waals surface area contributed by atoms with Gasteiger partial charge >= 0.3 is 12.4 Å². The molecule has 0 saturated carbocycles. The molecule has 0 aliphatic heterocycles. The van der Waals surface area contributed by atoms with Crippen LogP contribution in [0.3, 0.4) is 0 Å². The van der Waals surface area contributed by atoms with Gasteiger partial charge < -0.3 is 19.3 Å². The van der Waals surface area contributed by atoms with Gasteiger partial charge in [-0.2, -0.15) is 26.3 Å². The zero-order valence-electron chi connectivity index (χ0n) is 20.8. The highest BCUT2D eigenvalue weighted by Gasteiger charge is 2.38. The fourth-order valence-corrected chi connectivity index (χ4v) is 4.32. The van der Waals surface area contributed by atoms with Crippen molar-refractivity contribution in [2.24, 2.45) is 0 Å². The van der Waals surface area contributed by atoms with E-state index in [4.69, 9.17) is 9.47 Å². The van der Waals surface area contributed by atoms with E-state index in [2.05, 4.69) is 0 Å². The first kappa shape index (κ1) is 28.2. The Hall–Kier alpha value is -3.40. The van der Waals surface area contributed by atoms with Crippen molar-refractivity contribution >= 4 is 11.4 Å².